The van der Waals surface area contributed by atoms with Crippen LogP contribution in [0.5, 0.6) is 0 Å². The molecule has 0 radical (unpaired) electrons. The molecule has 9 rings (SSSR count). The van der Waals surface area contributed by atoms with Crippen molar-refractivity contribution in [3.63, 3.8) is 0 Å². The summed E-state index contributed by atoms with van der Waals surface area (Å²) in [5.74, 6) is 0.227. The number of carbonyl (C=O) groups excluding carboxylic acids is 2. The summed E-state index contributed by atoms with van der Waals surface area (Å²) >= 11 is 0. The van der Waals surface area contributed by atoms with Crippen molar-refractivity contribution in [2.75, 3.05) is 13.1 Å². The summed E-state index contributed by atoms with van der Waals surface area (Å²) in [4.78, 5) is 24.2. The van der Waals surface area contributed by atoms with Gasteiger partial charge in [-0.25, -0.2) is 0 Å². The van der Waals surface area contributed by atoms with Gasteiger partial charge in [0, 0.05) is 53.2 Å². The molecule has 2 N–H and O–H groups in total. The number of benzene rings is 4. The first-order valence-electron chi connectivity index (χ1n) is 14.7. The second kappa shape index (κ2) is 8.77. The smallest absolute Gasteiger partial charge is 0.252 e. The number of Topliss-reactive ketones (excluding diaryl/α,β-unsaturated/α-hetero) is 1. The first-order valence-corrected chi connectivity index (χ1v) is 14.7. The maximum atomic E-state index is 13.2. The highest BCUT2D eigenvalue weighted by molar-refractivity contribution is 6.31. The van der Waals surface area contributed by atoms with E-state index >= 15 is 0 Å². The monoisotopic (exact) mass is 556 g/mol. The van der Waals surface area contributed by atoms with E-state index in [9.17, 15) is 9.59 Å². The molecule has 42 heavy (non-hydrogen) atoms. The Labute approximate surface area is 243 Å². The van der Waals surface area contributed by atoms with E-state index in [1.54, 1.807) is 0 Å². The molecule has 1 fully saturated rings. The van der Waals surface area contributed by atoms with E-state index in [-0.39, 0.29) is 11.7 Å². The van der Waals surface area contributed by atoms with Gasteiger partial charge in [-0.1, -0.05) is 73.7 Å². The second-order valence-corrected chi connectivity index (χ2v) is 11.9. The number of amides is 1. The van der Waals surface area contributed by atoms with Gasteiger partial charge in [-0.3, -0.25) is 9.59 Å². The third-order valence-corrected chi connectivity index (χ3v) is 9.19. The van der Waals surface area contributed by atoms with Crippen LogP contribution in [-0.4, -0.2) is 33.9 Å². The fraction of sp³-hybridized carbons (Fsp3) is 0.257. The fourth-order valence-corrected chi connectivity index (χ4v) is 7.58. The Morgan fingerprint density at radius 1 is 0.810 bits per heavy atom. The Kier molecular flexibility index (Phi) is 5.28. The fourth-order valence-electron chi connectivity index (χ4n) is 7.58. The van der Waals surface area contributed by atoms with Gasteiger partial charge in [0.25, 0.3) is 5.91 Å². The minimum absolute atomic E-state index is 0.0178. The number of hydrogen-bond donors (Lipinski definition) is 2. The number of ether oxygens (including phenoxy) is 1. The van der Waals surface area contributed by atoms with E-state index in [1.807, 2.05) is 37.3 Å². The summed E-state index contributed by atoms with van der Waals surface area (Å²) in [5.41, 5.74) is 6.09. The summed E-state index contributed by atoms with van der Waals surface area (Å²) in [5, 5.41) is 11.3. The number of rotatable bonds is 2. The second-order valence-electron chi connectivity index (χ2n) is 11.9. The lowest BCUT2D eigenvalue weighted by Crippen LogP contribution is -2.58. The van der Waals surface area contributed by atoms with Gasteiger partial charge in [-0.15, -0.1) is 0 Å². The highest BCUT2D eigenvalue weighted by atomic mass is 16.6. The molecule has 0 unspecified atom stereocenters. The van der Waals surface area contributed by atoms with E-state index < -0.39 is 11.4 Å². The number of carbonyl (C=O) groups is 2. The number of para-hydroxylation sites is 2. The van der Waals surface area contributed by atoms with Crippen LogP contribution < -0.4 is 10.6 Å². The average Bonchev–Trinajstić information content (AvgIpc) is 3.66. The van der Waals surface area contributed by atoms with Gasteiger partial charge in [0.1, 0.15) is 0 Å². The van der Waals surface area contributed by atoms with E-state index in [1.165, 1.54) is 16.3 Å². The standard InChI is InChI=1S/C26H22N4O2.C9H10O/c1-25-12-27-13-26(2,32-25)30-18-10-6-4-8-15(18)20-21-16(11-28-24(21)31)19-14-7-3-5-9-17(14)29(25)22(19)23(20)30;1-2-9(10)8-6-4-3-5-7-8/h3-10,27H,11-13H2,1-2H3,(H,28,31);3-7H,2H2,1H3/t25-,26+;/m0./s1. The van der Waals surface area contributed by atoms with Crippen molar-refractivity contribution < 1.29 is 14.3 Å². The van der Waals surface area contributed by atoms with Crippen LogP contribution in [0.25, 0.3) is 43.6 Å². The van der Waals surface area contributed by atoms with Gasteiger partial charge >= 0.3 is 0 Å². The molecule has 0 saturated carbocycles. The molecule has 3 aliphatic rings. The molecule has 4 aromatic carbocycles. The van der Waals surface area contributed by atoms with Crippen molar-refractivity contribution in [1.82, 2.24) is 19.8 Å². The predicted octanol–water partition coefficient (Wildman–Crippen LogP) is 6.40. The van der Waals surface area contributed by atoms with Crippen molar-refractivity contribution in [3.8, 4) is 0 Å². The molecule has 6 aromatic rings. The topological polar surface area (TPSA) is 77.3 Å². The molecule has 5 heterocycles. The van der Waals surface area contributed by atoms with Crippen LogP contribution in [0.4, 0.5) is 0 Å². The molecule has 2 bridgehead atoms. The lowest BCUT2D eigenvalue weighted by atomic mass is 9.97. The summed E-state index contributed by atoms with van der Waals surface area (Å²) < 4.78 is 11.8. The van der Waals surface area contributed by atoms with Crippen molar-refractivity contribution in [1.29, 1.82) is 0 Å². The minimum Gasteiger partial charge on any atom is -0.348 e. The van der Waals surface area contributed by atoms with Crippen molar-refractivity contribution in [2.24, 2.45) is 0 Å². The first kappa shape index (κ1) is 25.3. The first-order chi connectivity index (χ1) is 20.4. The molecule has 2 atom stereocenters. The van der Waals surface area contributed by atoms with Crippen molar-refractivity contribution in [2.45, 2.75) is 45.2 Å². The number of nitrogens with zero attached hydrogens (tertiary/aromatic N) is 2. The minimum atomic E-state index is -0.593. The number of fused-ring (bicyclic) bond motifs is 13. The quantitative estimate of drug-likeness (QED) is 0.242. The lowest BCUT2D eigenvalue weighted by Gasteiger charge is -2.46. The maximum Gasteiger partial charge on any atom is 0.252 e. The molecule has 210 valence electrons. The molecule has 1 amide bonds. The maximum absolute atomic E-state index is 13.2. The summed E-state index contributed by atoms with van der Waals surface area (Å²) in [6, 6.07) is 26.3. The molecule has 7 nitrogen and oxygen atoms in total. The average molecular weight is 557 g/mol. The summed E-state index contributed by atoms with van der Waals surface area (Å²) in [6.07, 6.45) is 0.587. The molecule has 1 saturated heterocycles. The molecule has 0 spiro atoms. The number of aromatic nitrogens is 2. The Hall–Kier alpha value is -4.46. The number of ketones is 1. The molecule has 7 heteroatoms. The summed E-state index contributed by atoms with van der Waals surface area (Å²) in [6.45, 7) is 8.19. The zero-order valence-electron chi connectivity index (χ0n) is 24.0. The summed E-state index contributed by atoms with van der Waals surface area (Å²) in [7, 11) is 0. The van der Waals surface area contributed by atoms with E-state index in [2.05, 4.69) is 82.1 Å². The molecule has 2 aromatic heterocycles. The van der Waals surface area contributed by atoms with Crippen LogP contribution in [0, 0.1) is 0 Å². The largest absolute Gasteiger partial charge is 0.348 e. The van der Waals surface area contributed by atoms with Crippen LogP contribution in [0.3, 0.4) is 0 Å². The lowest BCUT2D eigenvalue weighted by molar-refractivity contribution is -0.232. The van der Waals surface area contributed by atoms with Gasteiger partial charge in [0.2, 0.25) is 0 Å². The number of nitrogens with one attached hydrogen (secondary N) is 2. The zero-order chi connectivity index (χ0) is 28.8. The molecule has 3 aliphatic heterocycles. The predicted molar refractivity (Wildman–Crippen MR) is 166 cm³/mol. The van der Waals surface area contributed by atoms with Gasteiger partial charge in [0.05, 0.1) is 27.6 Å². The van der Waals surface area contributed by atoms with Gasteiger partial charge in [-0.05, 0) is 31.5 Å². The van der Waals surface area contributed by atoms with Gasteiger partial charge in [0.15, 0.2) is 17.2 Å². The zero-order valence-corrected chi connectivity index (χ0v) is 24.0. The Morgan fingerprint density at radius 3 is 1.98 bits per heavy atom. The molecular formula is C35H32N4O3. The van der Waals surface area contributed by atoms with E-state index in [0.717, 1.165) is 50.6 Å². The molecule has 0 aliphatic carbocycles. The Morgan fingerprint density at radius 2 is 1.36 bits per heavy atom. The highest BCUT2D eigenvalue weighted by Crippen LogP contribution is 2.51. The number of hydrogen-bond acceptors (Lipinski definition) is 4. The van der Waals surface area contributed by atoms with Crippen LogP contribution in [0.2, 0.25) is 0 Å². The van der Waals surface area contributed by atoms with E-state index in [4.69, 9.17) is 4.74 Å². The number of morpholine rings is 1. The Bertz CT molecular complexity index is 2110. The van der Waals surface area contributed by atoms with Crippen LogP contribution >= 0.6 is 0 Å². The van der Waals surface area contributed by atoms with E-state index in [0.29, 0.717) is 19.5 Å². The third-order valence-electron chi connectivity index (χ3n) is 9.19. The highest BCUT2D eigenvalue weighted by Gasteiger charge is 2.49. The van der Waals surface area contributed by atoms with Crippen LogP contribution in [0.15, 0.2) is 78.9 Å². The van der Waals surface area contributed by atoms with Crippen molar-refractivity contribution in [3.05, 3.63) is 95.6 Å². The van der Waals surface area contributed by atoms with Gasteiger partial charge < -0.3 is 24.5 Å². The molecular weight excluding hydrogens is 524 g/mol. The normalized spacial score (nSPS) is 22.3. The van der Waals surface area contributed by atoms with Crippen LogP contribution in [-0.2, 0) is 22.7 Å². The van der Waals surface area contributed by atoms with Gasteiger partial charge in [-0.2, -0.15) is 0 Å². The van der Waals surface area contributed by atoms with Crippen molar-refractivity contribution >= 4 is 55.3 Å². The SMILES string of the molecule is CCC(=O)c1ccccc1.C[C@]12CNC[C@](C)(O1)n1c3ccccc3c3c4c(c5c6ccccc6n2c5c31)C(=O)NC4. The third kappa shape index (κ3) is 3.23. The van der Waals surface area contributed by atoms with Crippen LogP contribution in [0.1, 0.15) is 53.5 Å². The Balaban J connectivity index is 0.000000229.